The average Bonchev–Trinajstić information content (AvgIpc) is 2.83. The van der Waals surface area contributed by atoms with Gasteiger partial charge in [-0.1, -0.05) is 25.5 Å². The first-order chi connectivity index (χ1) is 9.52. The van der Waals surface area contributed by atoms with E-state index < -0.39 is 6.17 Å². The van der Waals surface area contributed by atoms with Crippen molar-refractivity contribution in [3.05, 3.63) is 41.2 Å². The third-order valence-corrected chi connectivity index (χ3v) is 3.75. The molecule has 0 amide bonds. The van der Waals surface area contributed by atoms with Gasteiger partial charge in [0.15, 0.2) is 0 Å². The van der Waals surface area contributed by atoms with Crippen LogP contribution in [0.3, 0.4) is 0 Å². The second-order valence-corrected chi connectivity index (χ2v) is 5.49. The van der Waals surface area contributed by atoms with Gasteiger partial charge in [-0.2, -0.15) is 5.10 Å². The highest BCUT2D eigenvalue weighted by Gasteiger charge is 2.15. The first-order valence-corrected chi connectivity index (χ1v) is 7.29. The first kappa shape index (κ1) is 14.8. The molecule has 1 aromatic heterocycles. The molecule has 0 aliphatic rings. The SMILES string of the molecule is CCCCc1cc(-c2cnn(C)c2)c(C(C)F)cc1C. The van der Waals surface area contributed by atoms with E-state index in [1.807, 2.05) is 19.3 Å². The van der Waals surface area contributed by atoms with Crippen LogP contribution < -0.4 is 0 Å². The van der Waals surface area contributed by atoms with Crippen molar-refractivity contribution in [2.75, 3.05) is 0 Å². The lowest BCUT2D eigenvalue weighted by Crippen LogP contribution is -1.97. The van der Waals surface area contributed by atoms with Crippen LogP contribution in [0.2, 0.25) is 0 Å². The largest absolute Gasteiger partial charge is 0.275 e. The molecule has 108 valence electrons. The summed E-state index contributed by atoms with van der Waals surface area (Å²) in [4.78, 5) is 0. The molecule has 0 radical (unpaired) electrons. The molecule has 0 spiro atoms. The summed E-state index contributed by atoms with van der Waals surface area (Å²) in [5, 5.41) is 4.20. The summed E-state index contributed by atoms with van der Waals surface area (Å²) in [7, 11) is 1.88. The minimum absolute atomic E-state index is 0.760. The highest BCUT2D eigenvalue weighted by atomic mass is 19.1. The van der Waals surface area contributed by atoms with Crippen LogP contribution in [0.4, 0.5) is 4.39 Å². The van der Waals surface area contributed by atoms with Crippen molar-refractivity contribution in [1.82, 2.24) is 9.78 Å². The Morgan fingerprint density at radius 2 is 2.10 bits per heavy atom. The van der Waals surface area contributed by atoms with Crippen molar-refractivity contribution in [2.24, 2.45) is 7.05 Å². The molecule has 2 aromatic rings. The van der Waals surface area contributed by atoms with Gasteiger partial charge in [-0.05, 0) is 48.9 Å². The van der Waals surface area contributed by atoms with E-state index in [1.54, 1.807) is 17.8 Å². The number of benzene rings is 1. The third-order valence-electron chi connectivity index (χ3n) is 3.75. The summed E-state index contributed by atoms with van der Waals surface area (Å²) in [5.74, 6) is 0. The molecular formula is C17H23FN2. The van der Waals surface area contributed by atoms with E-state index in [-0.39, 0.29) is 0 Å². The van der Waals surface area contributed by atoms with Crippen LogP contribution in [-0.4, -0.2) is 9.78 Å². The monoisotopic (exact) mass is 274 g/mol. The van der Waals surface area contributed by atoms with Gasteiger partial charge < -0.3 is 0 Å². The van der Waals surface area contributed by atoms with Gasteiger partial charge in [0.2, 0.25) is 0 Å². The molecule has 0 saturated heterocycles. The molecule has 0 saturated carbocycles. The van der Waals surface area contributed by atoms with Crippen LogP contribution in [0.5, 0.6) is 0 Å². The predicted molar refractivity (Wildman–Crippen MR) is 81.5 cm³/mol. The predicted octanol–water partition coefficient (Wildman–Crippen LogP) is 4.77. The molecular weight excluding hydrogens is 251 g/mol. The fourth-order valence-electron chi connectivity index (χ4n) is 2.55. The number of aromatic nitrogens is 2. The Labute approximate surface area is 120 Å². The van der Waals surface area contributed by atoms with Crippen LogP contribution in [0, 0.1) is 6.92 Å². The zero-order chi connectivity index (χ0) is 14.7. The molecule has 0 fully saturated rings. The van der Waals surface area contributed by atoms with Gasteiger partial charge in [0.05, 0.1) is 6.20 Å². The second-order valence-electron chi connectivity index (χ2n) is 5.49. The zero-order valence-electron chi connectivity index (χ0n) is 12.8. The second kappa shape index (κ2) is 6.21. The van der Waals surface area contributed by atoms with Gasteiger partial charge in [-0.25, -0.2) is 4.39 Å². The average molecular weight is 274 g/mol. The molecule has 3 heteroatoms. The highest BCUT2D eigenvalue weighted by molar-refractivity contribution is 5.68. The number of rotatable bonds is 5. The van der Waals surface area contributed by atoms with E-state index in [9.17, 15) is 4.39 Å². The Morgan fingerprint density at radius 3 is 2.65 bits per heavy atom. The minimum atomic E-state index is -0.968. The molecule has 1 unspecified atom stereocenters. The van der Waals surface area contributed by atoms with Crippen molar-refractivity contribution in [1.29, 1.82) is 0 Å². The lowest BCUT2D eigenvalue weighted by atomic mass is 9.92. The maximum absolute atomic E-state index is 13.9. The van der Waals surface area contributed by atoms with Gasteiger partial charge in [0.25, 0.3) is 0 Å². The fourth-order valence-corrected chi connectivity index (χ4v) is 2.55. The molecule has 2 nitrogen and oxygen atoms in total. The molecule has 0 aliphatic heterocycles. The Hall–Kier alpha value is -1.64. The van der Waals surface area contributed by atoms with E-state index >= 15 is 0 Å². The van der Waals surface area contributed by atoms with E-state index in [0.717, 1.165) is 29.5 Å². The molecule has 0 bridgehead atoms. The zero-order valence-corrected chi connectivity index (χ0v) is 12.8. The van der Waals surface area contributed by atoms with E-state index in [4.69, 9.17) is 0 Å². The molecule has 1 aromatic carbocycles. The van der Waals surface area contributed by atoms with E-state index in [0.29, 0.717) is 0 Å². The van der Waals surface area contributed by atoms with E-state index in [1.165, 1.54) is 17.5 Å². The molecule has 20 heavy (non-hydrogen) atoms. The summed E-state index contributed by atoms with van der Waals surface area (Å²) in [6.45, 7) is 5.86. The lowest BCUT2D eigenvalue weighted by molar-refractivity contribution is 0.375. The number of nitrogens with zero attached hydrogens (tertiary/aromatic N) is 2. The van der Waals surface area contributed by atoms with Crippen molar-refractivity contribution < 1.29 is 4.39 Å². The first-order valence-electron chi connectivity index (χ1n) is 7.29. The normalized spacial score (nSPS) is 12.7. The Kier molecular flexibility index (Phi) is 4.58. The lowest BCUT2D eigenvalue weighted by Gasteiger charge is -2.14. The topological polar surface area (TPSA) is 17.8 Å². The van der Waals surface area contributed by atoms with Gasteiger partial charge in [-0.15, -0.1) is 0 Å². The molecule has 0 N–H and O–H groups in total. The van der Waals surface area contributed by atoms with Crippen LogP contribution in [0.1, 0.15) is 49.6 Å². The minimum Gasteiger partial charge on any atom is -0.275 e. The molecule has 1 atom stereocenters. The van der Waals surface area contributed by atoms with Gasteiger partial charge >= 0.3 is 0 Å². The molecule has 2 rings (SSSR count). The molecule has 1 heterocycles. The summed E-state index contributed by atoms with van der Waals surface area (Å²) < 4.78 is 15.7. The van der Waals surface area contributed by atoms with Gasteiger partial charge in [0.1, 0.15) is 6.17 Å². The summed E-state index contributed by atoms with van der Waals surface area (Å²) in [6, 6.07) is 4.14. The van der Waals surface area contributed by atoms with E-state index in [2.05, 4.69) is 25.0 Å². The maximum atomic E-state index is 13.9. The molecule has 0 aliphatic carbocycles. The van der Waals surface area contributed by atoms with Gasteiger partial charge in [0, 0.05) is 18.8 Å². The van der Waals surface area contributed by atoms with Crippen LogP contribution >= 0.6 is 0 Å². The maximum Gasteiger partial charge on any atom is 0.123 e. The van der Waals surface area contributed by atoms with Crippen LogP contribution in [0.15, 0.2) is 24.5 Å². The number of unbranched alkanes of at least 4 members (excludes halogenated alkanes) is 1. The van der Waals surface area contributed by atoms with Crippen molar-refractivity contribution in [3.8, 4) is 11.1 Å². The third kappa shape index (κ3) is 3.09. The standard InChI is InChI=1S/C17H23FN2/c1-5-6-7-14-9-17(15-10-19-20(4)11-15)16(13(3)18)8-12(14)2/h8-11,13H,5-7H2,1-4H3. The quantitative estimate of drug-likeness (QED) is 0.768. The number of alkyl halides is 1. The van der Waals surface area contributed by atoms with Gasteiger partial charge in [-0.3, -0.25) is 4.68 Å². The smallest absolute Gasteiger partial charge is 0.123 e. The number of hydrogen-bond donors (Lipinski definition) is 0. The Bertz CT molecular complexity index is 585. The Balaban J connectivity index is 2.51. The van der Waals surface area contributed by atoms with Crippen LogP contribution in [0.25, 0.3) is 11.1 Å². The fraction of sp³-hybridized carbons (Fsp3) is 0.471. The number of halogens is 1. The van der Waals surface area contributed by atoms with Crippen molar-refractivity contribution >= 4 is 0 Å². The van der Waals surface area contributed by atoms with Crippen molar-refractivity contribution in [2.45, 2.75) is 46.2 Å². The van der Waals surface area contributed by atoms with Crippen LogP contribution in [-0.2, 0) is 13.5 Å². The summed E-state index contributed by atoms with van der Waals surface area (Å²) >= 11 is 0. The Morgan fingerprint density at radius 1 is 1.35 bits per heavy atom. The highest BCUT2D eigenvalue weighted by Crippen LogP contribution is 2.33. The number of aryl methyl sites for hydroxylation is 3. The number of hydrogen-bond acceptors (Lipinski definition) is 1. The summed E-state index contributed by atoms with van der Waals surface area (Å²) in [5.41, 5.74) is 5.23. The van der Waals surface area contributed by atoms with Crippen molar-refractivity contribution in [3.63, 3.8) is 0 Å². The summed E-state index contributed by atoms with van der Waals surface area (Å²) in [6.07, 6.45) is 6.17.